The van der Waals surface area contributed by atoms with Crippen LogP contribution in [0.15, 0.2) is 29.3 Å². The molecular formula is C16H25N3O2S. The van der Waals surface area contributed by atoms with E-state index in [1.165, 1.54) is 0 Å². The van der Waals surface area contributed by atoms with Gasteiger partial charge in [0.25, 0.3) is 0 Å². The Hall–Kier alpha value is -1.40. The Morgan fingerprint density at radius 1 is 1.27 bits per heavy atom. The van der Waals surface area contributed by atoms with Gasteiger partial charge in [0, 0.05) is 37.7 Å². The number of nitrogens with zero attached hydrogens (tertiary/aromatic N) is 2. The lowest BCUT2D eigenvalue weighted by atomic mass is 10.2. The van der Waals surface area contributed by atoms with Crippen LogP contribution in [0.25, 0.3) is 0 Å². The van der Waals surface area contributed by atoms with Crippen LogP contribution in [0, 0.1) is 0 Å². The lowest BCUT2D eigenvalue weighted by Crippen LogP contribution is -2.42. The number of hydrogen-bond acceptors (Lipinski definition) is 4. The minimum absolute atomic E-state index is 0.618. The highest BCUT2D eigenvalue weighted by atomic mass is 32.2. The molecule has 0 amide bonds. The fraction of sp³-hybridized carbons (Fsp3) is 0.562. The van der Waals surface area contributed by atoms with Crippen molar-refractivity contribution >= 4 is 17.7 Å². The molecule has 0 saturated carbocycles. The van der Waals surface area contributed by atoms with Gasteiger partial charge in [0.05, 0.1) is 13.7 Å². The van der Waals surface area contributed by atoms with Gasteiger partial charge in [0.1, 0.15) is 5.75 Å². The first-order valence-electron chi connectivity index (χ1n) is 7.63. The molecule has 5 nitrogen and oxygen atoms in total. The third-order valence-corrected chi connectivity index (χ3v) is 4.43. The van der Waals surface area contributed by atoms with Crippen molar-refractivity contribution in [3.63, 3.8) is 0 Å². The zero-order valence-electron chi connectivity index (χ0n) is 13.2. The Morgan fingerprint density at radius 2 is 2.00 bits per heavy atom. The summed E-state index contributed by atoms with van der Waals surface area (Å²) in [6.07, 6.45) is 0.888. The maximum absolute atomic E-state index is 6.00. The van der Waals surface area contributed by atoms with Gasteiger partial charge in [-0.15, -0.1) is 0 Å². The van der Waals surface area contributed by atoms with Gasteiger partial charge in [-0.05, 0) is 24.1 Å². The second-order valence-electron chi connectivity index (χ2n) is 5.09. The summed E-state index contributed by atoms with van der Waals surface area (Å²) in [4.78, 5) is 6.59. The first-order valence-corrected chi connectivity index (χ1v) is 8.78. The van der Waals surface area contributed by atoms with E-state index in [1.54, 1.807) is 7.11 Å². The van der Waals surface area contributed by atoms with Gasteiger partial charge in [-0.1, -0.05) is 12.1 Å². The SMILES string of the molecule is COc1ccc(COCCCN=C(N)N2CCSCC2)cc1. The summed E-state index contributed by atoms with van der Waals surface area (Å²) in [5.74, 6) is 3.82. The number of ether oxygens (including phenoxy) is 2. The topological polar surface area (TPSA) is 60.1 Å². The highest BCUT2D eigenvalue weighted by Crippen LogP contribution is 2.12. The minimum Gasteiger partial charge on any atom is -0.497 e. The number of benzene rings is 1. The second kappa shape index (κ2) is 9.58. The number of thioether (sulfide) groups is 1. The molecule has 0 radical (unpaired) electrons. The van der Waals surface area contributed by atoms with E-state index in [4.69, 9.17) is 15.2 Å². The maximum Gasteiger partial charge on any atom is 0.191 e. The summed E-state index contributed by atoms with van der Waals surface area (Å²) >= 11 is 1.97. The van der Waals surface area contributed by atoms with Crippen molar-refractivity contribution in [3.05, 3.63) is 29.8 Å². The summed E-state index contributed by atoms with van der Waals surface area (Å²) in [7, 11) is 1.67. The molecule has 0 bridgehead atoms. The number of rotatable bonds is 7. The van der Waals surface area contributed by atoms with Crippen molar-refractivity contribution in [2.45, 2.75) is 13.0 Å². The van der Waals surface area contributed by atoms with Crippen LogP contribution >= 0.6 is 11.8 Å². The van der Waals surface area contributed by atoms with Gasteiger partial charge in [0.15, 0.2) is 5.96 Å². The fourth-order valence-electron chi connectivity index (χ4n) is 2.16. The molecule has 1 aliphatic rings. The molecule has 122 valence electrons. The smallest absolute Gasteiger partial charge is 0.191 e. The predicted molar refractivity (Wildman–Crippen MR) is 92.7 cm³/mol. The molecule has 1 aromatic rings. The van der Waals surface area contributed by atoms with Crippen molar-refractivity contribution in [2.24, 2.45) is 10.7 Å². The highest BCUT2D eigenvalue weighted by Gasteiger charge is 2.11. The largest absolute Gasteiger partial charge is 0.497 e. The van der Waals surface area contributed by atoms with Gasteiger partial charge in [-0.25, -0.2) is 0 Å². The maximum atomic E-state index is 6.00. The van der Waals surface area contributed by atoms with Crippen molar-refractivity contribution in [2.75, 3.05) is 44.9 Å². The molecule has 0 atom stereocenters. The number of methoxy groups -OCH3 is 1. The number of nitrogens with two attached hydrogens (primary N) is 1. The van der Waals surface area contributed by atoms with Gasteiger partial charge >= 0.3 is 0 Å². The van der Waals surface area contributed by atoms with Crippen molar-refractivity contribution < 1.29 is 9.47 Å². The van der Waals surface area contributed by atoms with Crippen molar-refractivity contribution in [1.82, 2.24) is 4.90 Å². The molecule has 0 aromatic heterocycles. The molecule has 1 aromatic carbocycles. The molecule has 0 spiro atoms. The fourth-order valence-corrected chi connectivity index (χ4v) is 3.07. The van der Waals surface area contributed by atoms with E-state index in [-0.39, 0.29) is 0 Å². The van der Waals surface area contributed by atoms with Gasteiger partial charge < -0.3 is 20.1 Å². The molecule has 0 aliphatic carbocycles. The zero-order chi connectivity index (χ0) is 15.6. The van der Waals surface area contributed by atoms with E-state index in [2.05, 4.69) is 9.89 Å². The van der Waals surface area contributed by atoms with Crippen LogP contribution in [0.3, 0.4) is 0 Å². The lowest BCUT2D eigenvalue weighted by molar-refractivity contribution is 0.120. The monoisotopic (exact) mass is 323 g/mol. The molecule has 2 N–H and O–H groups in total. The zero-order valence-corrected chi connectivity index (χ0v) is 14.0. The van der Waals surface area contributed by atoms with Gasteiger partial charge in [0.2, 0.25) is 0 Å². The van der Waals surface area contributed by atoms with Crippen LogP contribution in [0.5, 0.6) is 5.75 Å². The van der Waals surface area contributed by atoms with E-state index in [9.17, 15) is 0 Å². The molecule has 22 heavy (non-hydrogen) atoms. The van der Waals surface area contributed by atoms with E-state index in [0.29, 0.717) is 19.2 Å². The van der Waals surface area contributed by atoms with Crippen LogP contribution in [0.4, 0.5) is 0 Å². The van der Waals surface area contributed by atoms with Gasteiger partial charge in [-0.3, -0.25) is 4.99 Å². The molecule has 2 rings (SSSR count). The van der Waals surface area contributed by atoms with Crippen LogP contribution in [-0.4, -0.2) is 55.7 Å². The van der Waals surface area contributed by atoms with Crippen LogP contribution in [0.1, 0.15) is 12.0 Å². The molecule has 1 aliphatic heterocycles. The summed E-state index contributed by atoms with van der Waals surface area (Å²) < 4.78 is 10.8. The molecule has 1 heterocycles. The average molecular weight is 323 g/mol. The Bertz CT molecular complexity index is 459. The Balaban J connectivity index is 1.58. The van der Waals surface area contributed by atoms with Crippen molar-refractivity contribution in [1.29, 1.82) is 0 Å². The number of aliphatic imine (C=N–C) groups is 1. The van der Waals surface area contributed by atoms with E-state index in [1.807, 2.05) is 36.0 Å². The minimum atomic E-state index is 0.618. The Kier molecular flexibility index (Phi) is 7.39. The molecule has 6 heteroatoms. The van der Waals surface area contributed by atoms with Crippen LogP contribution in [-0.2, 0) is 11.3 Å². The first kappa shape index (κ1) is 17.0. The Labute approximate surface area is 136 Å². The summed E-state index contributed by atoms with van der Waals surface area (Å²) in [5.41, 5.74) is 7.14. The van der Waals surface area contributed by atoms with Gasteiger partial charge in [-0.2, -0.15) is 11.8 Å². The molecule has 1 fully saturated rings. The van der Waals surface area contributed by atoms with E-state index >= 15 is 0 Å². The molecular weight excluding hydrogens is 298 g/mol. The molecule has 1 saturated heterocycles. The standard InChI is InChI=1S/C16H25N3O2S/c1-20-15-5-3-14(4-6-15)13-21-10-2-7-18-16(17)19-8-11-22-12-9-19/h3-6H,2,7-13H2,1H3,(H2,17,18). The average Bonchev–Trinajstić information content (AvgIpc) is 2.59. The first-order chi connectivity index (χ1) is 10.8. The van der Waals surface area contributed by atoms with E-state index in [0.717, 1.165) is 48.9 Å². The van der Waals surface area contributed by atoms with E-state index < -0.39 is 0 Å². The molecule has 0 unspecified atom stereocenters. The lowest BCUT2D eigenvalue weighted by Gasteiger charge is -2.27. The second-order valence-corrected chi connectivity index (χ2v) is 6.32. The third kappa shape index (κ3) is 5.77. The predicted octanol–water partition coefficient (Wildman–Crippen LogP) is 1.97. The van der Waals surface area contributed by atoms with Crippen LogP contribution in [0.2, 0.25) is 0 Å². The number of hydrogen-bond donors (Lipinski definition) is 1. The summed E-state index contributed by atoms with van der Waals surface area (Å²) in [6.45, 7) is 4.05. The third-order valence-electron chi connectivity index (χ3n) is 3.48. The van der Waals surface area contributed by atoms with Crippen LogP contribution < -0.4 is 10.5 Å². The Morgan fingerprint density at radius 3 is 2.68 bits per heavy atom. The van der Waals surface area contributed by atoms with Crippen molar-refractivity contribution in [3.8, 4) is 5.75 Å². The quantitative estimate of drug-likeness (QED) is 0.472. The summed E-state index contributed by atoms with van der Waals surface area (Å²) in [5, 5.41) is 0. The summed E-state index contributed by atoms with van der Waals surface area (Å²) in [6, 6.07) is 7.92. The normalized spacial score (nSPS) is 15.9. The number of guanidine groups is 1. The highest BCUT2D eigenvalue weighted by molar-refractivity contribution is 7.99.